The van der Waals surface area contributed by atoms with Gasteiger partial charge >= 0.3 is 0 Å². The van der Waals surface area contributed by atoms with Crippen LogP contribution in [-0.4, -0.2) is 48.7 Å². The topological polar surface area (TPSA) is 46.5 Å². The third kappa shape index (κ3) is 5.20. The summed E-state index contributed by atoms with van der Waals surface area (Å²) in [4.78, 5) is 13.9. The monoisotopic (exact) mass is 443 g/mol. The van der Waals surface area contributed by atoms with E-state index < -0.39 is 0 Å². The van der Waals surface area contributed by atoms with Crippen molar-refractivity contribution in [1.29, 1.82) is 0 Å². The van der Waals surface area contributed by atoms with Crippen molar-refractivity contribution < 1.29 is 13.9 Å². The van der Waals surface area contributed by atoms with Crippen LogP contribution in [0.2, 0.25) is 5.02 Å². The van der Waals surface area contributed by atoms with Crippen LogP contribution >= 0.6 is 11.6 Å². The highest BCUT2D eigenvalue weighted by atomic mass is 35.5. The predicted octanol–water partition coefficient (Wildman–Crippen LogP) is 4.65. The number of hydrogen-bond donors (Lipinski definition) is 1. The molecule has 164 valence electrons. The molecule has 0 atom stereocenters. The van der Waals surface area contributed by atoms with Crippen molar-refractivity contribution >= 4 is 28.4 Å². The molecule has 2 aromatic carbocycles. The lowest BCUT2D eigenvalue weighted by Crippen LogP contribution is -2.37. The Morgan fingerprint density at radius 3 is 2.65 bits per heavy atom. The van der Waals surface area contributed by atoms with Crippen LogP contribution in [0.1, 0.15) is 19.3 Å². The van der Waals surface area contributed by atoms with Crippen LogP contribution < -0.4 is 10.1 Å². The third-order valence-electron chi connectivity index (χ3n) is 5.96. The van der Waals surface area contributed by atoms with E-state index in [4.69, 9.17) is 16.3 Å². The van der Waals surface area contributed by atoms with E-state index in [0.717, 1.165) is 54.8 Å². The summed E-state index contributed by atoms with van der Waals surface area (Å²) in [6, 6.07) is 12.1. The number of nitrogens with zero attached hydrogens (tertiary/aromatic N) is 2. The molecule has 0 unspecified atom stereocenters. The van der Waals surface area contributed by atoms with Gasteiger partial charge in [-0.3, -0.25) is 9.69 Å². The number of fused-ring (bicyclic) bond motifs is 1. The minimum atomic E-state index is -0.265. The number of carbonyl (C=O) groups excluding carboxylic acids is 1. The summed E-state index contributed by atoms with van der Waals surface area (Å²) < 4.78 is 21.5. The standard InChI is InChI=1S/C24H27ClFN3O2/c1-27-24(30)14-17-8-10-28(11-9-17)12-13-31-23-16-29(20-5-3-19(26)4-6-20)22-7-2-18(25)15-21(22)23/h2-7,15-17H,8-14H2,1H3,(H,27,30). The number of benzene rings is 2. The van der Waals surface area contributed by atoms with E-state index in [2.05, 4.69) is 10.2 Å². The van der Waals surface area contributed by atoms with Crippen LogP contribution in [-0.2, 0) is 4.79 Å². The van der Waals surface area contributed by atoms with Gasteiger partial charge in [0.2, 0.25) is 5.91 Å². The number of hydrogen-bond acceptors (Lipinski definition) is 3. The van der Waals surface area contributed by atoms with E-state index in [0.29, 0.717) is 24.0 Å². The first kappa shape index (κ1) is 21.7. The molecule has 2 heterocycles. The first-order chi connectivity index (χ1) is 15.0. The molecule has 0 aliphatic carbocycles. The second kappa shape index (κ2) is 9.71. The maximum atomic E-state index is 13.3. The molecule has 1 aliphatic rings. The molecule has 4 rings (SSSR count). The van der Waals surface area contributed by atoms with E-state index in [1.165, 1.54) is 12.1 Å². The Hall–Kier alpha value is -2.57. The van der Waals surface area contributed by atoms with Crippen molar-refractivity contribution in [2.75, 3.05) is 33.3 Å². The van der Waals surface area contributed by atoms with Gasteiger partial charge in [-0.15, -0.1) is 0 Å². The minimum Gasteiger partial charge on any atom is -0.490 e. The minimum absolute atomic E-state index is 0.123. The molecule has 1 amide bonds. The Morgan fingerprint density at radius 2 is 1.94 bits per heavy atom. The van der Waals surface area contributed by atoms with Crippen molar-refractivity contribution in [3.63, 3.8) is 0 Å². The maximum Gasteiger partial charge on any atom is 0.220 e. The number of halogens is 2. The Labute approximate surface area is 186 Å². The molecule has 0 radical (unpaired) electrons. The summed E-state index contributed by atoms with van der Waals surface area (Å²) >= 11 is 6.23. The van der Waals surface area contributed by atoms with Gasteiger partial charge in [0.25, 0.3) is 0 Å². The maximum absolute atomic E-state index is 13.3. The number of nitrogens with one attached hydrogen (secondary N) is 1. The van der Waals surface area contributed by atoms with Gasteiger partial charge in [0.1, 0.15) is 18.2 Å². The van der Waals surface area contributed by atoms with Gasteiger partial charge in [-0.2, -0.15) is 0 Å². The van der Waals surface area contributed by atoms with Crippen molar-refractivity contribution in [1.82, 2.24) is 14.8 Å². The van der Waals surface area contributed by atoms with Gasteiger partial charge in [0.05, 0.1) is 11.7 Å². The average Bonchev–Trinajstić information content (AvgIpc) is 3.13. The van der Waals surface area contributed by atoms with E-state index in [9.17, 15) is 9.18 Å². The normalized spacial score (nSPS) is 15.3. The molecule has 31 heavy (non-hydrogen) atoms. The number of amides is 1. The fourth-order valence-electron chi connectivity index (χ4n) is 4.17. The van der Waals surface area contributed by atoms with Gasteiger partial charge in [0, 0.05) is 36.1 Å². The number of ether oxygens (including phenoxy) is 1. The number of carbonyl (C=O) groups is 1. The second-order valence-electron chi connectivity index (χ2n) is 8.01. The molecule has 1 aliphatic heterocycles. The van der Waals surface area contributed by atoms with Gasteiger partial charge in [0.15, 0.2) is 0 Å². The molecule has 1 N–H and O–H groups in total. The molecular formula is C24H27ClFN3O2. The Bertz CT molecular complexity index is 1040. The average molecular weight is 444 g/mol. The summed E-state index contributed by atoms with van der Waals surface area (Å²) in [5.41, 5.74) is 1.82. The zero-order chi connectivity index (χ0) is 21.8. The Kier molecular flexibility index (Phi) is 6.78. The molecule has 7 heteroatoms. The van der Waals surface area contributed by atoms with Crippen molar-refractivity contribution in [2.45, 2.75) is 19.3 Å². The lowest BCUT2D eigenvalue weighted by atomic mass is 9.93. The first-order valence-electron chi connectivity index (χ1n) is 10.7. The van der Waals surface area contributed by atoms with Crippen molar-refractivity contribution in [2.24, 2.45) is 5.92 Å². The molecule has 0 bridgehead atoms. The largest absolute Gasteiger partial charge is 0.490 e. The Balaban J connectivity index is 1.40. The Morgan fingerprint density at radius 1 is 1.19 bits per heavy atom. The molecule has 0 saturated carbocycles. The van der Waals surface area contributed by atoms with Crippen molar-refractivity contribution in [3.8, 4) is 11.4 Å². The van der Waals surface area contributed by atoms with Crippen LogP contribution in [0.15, 0.2) is 48.7 Å². The molecule has 1 saturated heterocycles. The van der Waals surface area contributed by atoms with E-state index in [1.807, 2.05) is 29.0 Å². The lowest BCUT2D eigenvalue weighted by Gasteiger charge is -2.31. The van der Waals surface area contributed by atoms with E-state index in [1.54, 1.807) is 19.2 Å². The molecule has 3 aromatic rings. The van der Waals surface area contributed by atoms with Gasteiger partial charge in [-0.25, -0.2) is 4.39 Å². The SMILES string of the molecule is CNC(=O)CC1CCN(CCOc2cn(-c3ccc(F)cc3)c3ccc(Cl)cc23)CC1. The summed E-state index contributed by atoms with van der Waals surface area (Å²) in [6.07, 6.45) is 4.62. The van der Waals surface area contributed by atoms with Crippen LogP contribution in [0.5, 0.6) is 5.75 Å². The van der Waals surface area contributed by atoms with Crippen LogP contribution in [0, 0.1) is 11.7 Å². The lowest BCUT2D eigenvalue weighted by molar-refractivity contribution is -0.121. The number of likely N-dealkylation sites (tertiary alicyclic amines) is 1. The predicted molar refractivity (Wildman–Crippen MR) is 122 cm³/mol. The number of piperidine rings is 1. The van der Waals surface area contributed by atoms with Crippen LogP contribution in [0.3, 0.4) is 0 Å². The first-order valence-corrected chi connectivity index (χ1v) is 11.0. The molecule has 1 fully saturated rings. The van der Waals surface area contributed by atoms with E-state index in [-0.39, 0.29) is 11.7 Å². The van der Waals surface area contributed by atoms with E-state index >= 15 is 0 Å². The molecule has 1 aromatic heterocycles. The molecular weight excluding hydrogens is 417 g/mol. The summed E-state index contributed by atoms with van der Waals surface area (Å²) in [5.74, 6) is 1.08. The highest BCUT2D eigenvalue weighted by Crippen LogP contribution is 2.33. The summed E-state index contributed by atoms with van der Waals surface area (Å²) in [5, 5.41) is 4.29. The van der Waals surface area contributed by atoms with Gasteiger partial charge in [-0.1, -0.05) is 11.6 Å². The number of rotatable bonds is 7. The number of aromatic nitrogens is 1. The fraction of sp³-hybridized carbons (Fsp3) is 0.375. The summed E-state index contributed by atoms with van der Waals surface area (Å²) in [6.45, 7) is 3.36. The van der Waals surface area contributed by atoms with Gasteiger partial charge < -0.3 is 14.6 Å². The molecule has 0 spiro atoms. The molecule has 5 nitrogen and oxygen atoms in total. The van der Waals surface area contributed by atoms with Crippen LogP contribution in [0.25, 0.3) is 16.6 Å². The third-order valence-corrected chi connectivity index (χ3v) is 6.19. The van der Waals surface area contributed by atoms with Crippen LogP contribution in [0.4, 0.5) is 4.39 Å². The quantitative estimate of drug-likeness (QED) is 0.578. The zero-order valence-corrected chi connectivity index (χ0v) is 18.4. The smallest absolute Gasteiger partial charge is 0.220 e. The van der Waals surface area contributed by atoms with Gasteiger partial charge in [-0.05, 0) is 74.3 Å². The fourth-order valence-corrected chi connectivity index (χ4v) is 4.34. The highest BCUT2D eigenvalue weighted by Gasteiger charge is 2.21. The zero-order valence-electron chi connectivity index (χ0n) is 17.6. The second-order valence-corrected chi connectivity index (χ2v) is 8.45. The van der Waals surface area contributed by atoms with Crippen molar-refractivity contribution in [3.05, 3.63) is 59.5 Å². The highest BCUT2D eigenvalue weighted by molar-refractivity contribution is 6.31. The summed E-state index contributed by atoms with van der Waals surface area (Å²) in [7, 11) is 1.69.